The quantitative estimate of drug-likeness (QED) is 0.795. The van der Waals surface area contributed by atoms with Crippen LogP contribution in [0.4, 0.5) is 0 Å². The molecular formula is C15H18ClN3O3. The fourth-order valence-electron chi connectivity index (χ4n) is 3.36. The van der Waals surface area contributed by atoms with Crippen LogP contribution in [0.25, 0.3) is 11.0 Å². The highest BCUT2D eigenvalue weighted by molar-refractivity contribution is 6.33. The summed E-state index contributed by atoms with van der Waals surface area (Å²) in [6, 6.07) is 1.90. The molecule has 2 saturated heterocycles. The summed E-state index contributed by atoms with van der Waals surface area (Å²) in [5.74, 6) is -0.597. The monoisotopic (exact) mass is 323 g/mol. The second kappa shape index (κ2) is 4.89. The third kappa shape index (κ3) is 2.06. The van der Waals surface area contributed by atoms with Crippen LogP contribution in [0.1, 0.15) is 33.4 Å². The van der Waals surface area contributed by atoms with Crippen molar-refractivity contribution < 1.29 is 14.2 Å². The van der Waals surface area contributed by atoms with Crippen molar-refractivity contribution in [2.24, 2.45) is 0 Å². The van der Waals surface area contributed by atoms with Crippen LogP contribution in [0.15, 0.2) is 18.6 Å². The minimum atomic E-state index is -0.597. The van der Waals surface area contributed by atoms with Crippen molar-refractivity contribution in [3.63, 3.8) is 0 Å². The SMILES string of the molecule is CC[C@H]1O[C@@H](n2ccc3c(Cl)ncnc32)[C@H]2OC(C)(C)OC12. The summed E-state index contributed by atoms with van der Waals surface area (Å²) in [7, 11) is 0. The van der Waals surface area contributed by atoms with Gasteiger partial charge in [0.1, 0.15) is 29.3 Å². The molecule has 2 aliphatic heterocycles. The van der Waals surface area contributed by atoms with Crippen LogP contribution in [-0.4, -0.2) is 38.6 Å². The topological polar surface area (TPSA) is 58.4 Å². The zero-order valence-corrected chi connectivity index (χ0v) is 13.4. The average molecular weight is 324 g/mol. The number of hydrogen-bond acceptors (Lipinski definition) is 5. The molecule has 0 spiro atoms. The number of hydrogen-bond donors (Lipinski definition) is 0. The molecule has 0 aromatic carbocycles. The van der Waals surface area contributed by atoms with Crippen molar-refractivity contribution >= 4 is 22.6 Å². The molecule has 2 aromatic heterocycles. The number of nitrogens with zero attached hydrogens (tertiary/aromatic N) is 3. The predicted molar refractivity (Wildman–Crippen MR) is 80.6 cm³/mol. The van der Waals surface area contributed by atoms with Gasteiger partial charge in [-0.15, -0.1) is 0 Å². The summed E-state index contributed by atoms with van der Waals surface area (Å²) in [5, 5.41) is 1.25. The molecule has 0 N–H and O–H groups in total. The number of ether oxygens (including phenoxy) is 3. The molecule has 2 aromatic rings. The van der Waals surface area contributed by atoms with E-state index in [1.54, 1.807) is 0 Å². The van der Waals surface area contributed by atoms with Crippen molar-refractivity contribution in [1.82, 2.24) is 14.5 Å². The van der Waals surface area contributed by atoms with Gasteiger partial charge in [0.15, 0.2) is 12.0 Å². The summed E-state index contributed by atoms with van der Waals surface area (Å²) >= 11 is 6.13. The molecule has 0 radical (unpaired) electrons. The normalized spacial score (nSPS) is 33.5. The lowest BCUT2D eigenvalue weighted by Crippen LogP contribution is -2.28. The van der Waals surface area contributed by atoms with Gasteiger partial charge in [0.2, 0.25) is 0 Å². The summed E-state index contributed by atoms with van der Waals surface area (Å²) < 4.78 is 20.2. The van der Waals surface area contributed by atoms with Gasteiger partial charge in [0.05, 0.1) is 11.5 Å². The van der Waals surface area contributed by atoms with E-state index in [4.69, 9.17) is 25.8 Å². The fourth-order valence-corrected chi connectivity index (χ4v) is 3.55. The molecule has 2 fully saturated rings. The van der Waals surface area contributed by atoms with Crippen LogP contribution in [0.5, 0.6) is 0 Å². The molecule has 2 aliphatic rings. The van der Waals surface area contributed by atoms with E-state index in [-0.39, 0.29) is 24.5 Å². The second-order valence-corrected chi connectivity index (χ2v) is 6.52. The Hall–Kier alpha value is -1.21. The van der Waals surface area contributed by atoms with E-state index in [1.807, 2.05) is 30.7 Å². The van der Waals surface area contributed by atoms with Gasteiger partial charge < -0.3 is 18.8 Å². The Labute approximate surface area is 133 Å². The van der Waals surface area contributed by atoms with Crippen molar-refractivity contribution in [2.45, 2.75) is 57.5 Å². The maximum absolute atomic E-state index is 6.17. The second-order valence-electron chi connectivity index (χ2n) is 6.16. The lowest BCUT2D eigenvalue weighted by molar-refractivity contribution is -0.196. The lowest BCUT2D eigenvalue weighted by Gasteiger charge is -2.24. The van der Waals surface area contributed by atoms with Crippen LogP contribution in [-0.2, 0) is 14.2 Å². The minimum Gasteiger partial charge on any atom is -0.349 e. The lowest BCUT2D eigenvalue weighted by atomic mass is 10.1. The molecule has 118 valence electrons. The van der Waals surface area contributed by atoms with Gasteiger partial charge in [-0.25, -0.2) is 9.97 Å². The molecule has 4 rings (SSSR count). The molecule has 7 heteroatoms. The van der Waals surface area contributed by atoms with E-state index >= 15 is 0 Å². The van der Waals surface area contributed by atoms with Crippen LogP contribution in [0.2, 0.25) is 5.15 Å². The first-order valence-corrected chi connectivity index (χ1v) is 7.86. The van der Waals surface area contributed by atoms with E-state index in [0.29, 0.717) is 5.15 Å². The van der Waals surface area contributed by atoms with E-state index in [9.17, 15) is 0 Å². The Balaban J connectivity index is 1.77. The van der Waals surface area contributed by atoms with Crippen molar-refractivity contribution in [2.75, 3.05) is 0 Å². The fraction of sp³-hybridized carbons (Fsp3) is 0.600. The molecule has 22 heavy (non-hydrogen) atoms. The van der Waals surface area contributed by atoms with Gasteiger partial charge >= 0.3 is 0 Å². The van der Waals surface area contributed by atoms with E-state index in [2.05, 4.69) is 16.9 Å². The Kier molecular flexibility index (Phi) is 3.20. The van der Waals surface area contributed by atoms with Gasteiger partial charge in [-0.3, -0.25) is 0 Å². The van der Waals surface area contributed by atoms with Crippen molar-refractivity contribution in [1.29, 1.82) is 0 Å². The van der Waals surface area contributed by atoms with Crippen molar-refractivity contribution in [3.05, 3.63) is 23.7 Å². The van der Waals surface area contributed by atoms with E-state index < -0.39 is 5.79 Å². The number of halogens is 1. The summed E-state index contributed by atoms with van der Waals surface area (Å²) in [5.41, 5.74) is 0.744. The molecule has 1 unspecified atom stereocenters. The highest BCUT2D eigenvalue weighted by Crippen LogP contribution is 2.44. The first-order chi connectivity index (χ1) is 10.5. The maximum Gasteiger partial charge on any atom is 0.164 e. The summed E-state index contributed by atoms with van der Waals surface area (Å²) in [6.07, 6.45) is 3.74. The Morgan fingerprint density at radius 3 is 2.82 bits per heavy atom. The Bertz CT molecular complexity index is 717. The smallest absolute Gasteiger partial charge is 0.164 e. The largest absolute Gasteiger partial charge is 0.349 e. The highest BCUT2D eigenvalue weighted by atomic mass is 35.5. The van der Waals surface area contributed by atoms with Gasteiger partial charge in [-0.05, 0) is 26.3 Å². The number of fused-ring (bicyclic) bond motifs is 2. The third-order valence-corrected chi connectivity index (χ3v) is 4.56. The van der Waals surface area contributed by atoms with Gasteiger partial charge in [0, 0.05) is 6.20 Å². The summed E-state index contributed by atoms with van der Waals surface area (Å²) in [4.78, 5) is 8.35. The molecule has 4 heterocycles. The first kappa shape index (κ1) is 14.4. The minimum absolute atomic E-state index is 0.00605. The highest BCUT2D eigenvalue weighted by Gasteiger charge is 2.55. The Morgan fingerprint density at radius 2 is 2.05 bits per heavy atom. The Morgan fingerprint density at radius 1 is 1.27 bits per heavy atom. The van der Waals surface area contributed by atoms with E-state index in [0.717, 1.165) is 17.5 Å². The zero-order chi connectivity index (χ0) is 15.5. The molecule has 0 saturated carbocycles. The molecule has 6 nitrogen and oxygen atoms in total. The number of rotatable bonds is 2. The van der Waals surface area contributed by atoms with Crippen LogP contribution in [0.3, 0.4) is 0 Å². The zero-order valence-electron chi connectivity index (χ0n) is 12.7. The van der Waals surface area contributed by atoms with Gasteiger partial charge in [0.25, 0.3) is 0 Å². The average Bonchev–Trinajstić information content (AvgIpc) is 3.10. The molecule has 0 amide bonds. The standard InChI is InChI=1S/C15H18ClN3O3/c1-4-9-10-11(22-15(2,3)21-10)14(20-9)19-6-5-8-12(16)17-7-18-13(8)19/h5-7,9-11,14H,4H2,1-3H3/t9-,10?,11+,14-/m1/s1. The first-order valence-electron chi connectivity index (χ1n) is 7.48. The number of aromatic nitrogens is 3. The van der Waals surface area contributed by atoms with Crippen molar-refractivity contribution in [3.8, 4) is 0 Å². The molecule has 0 bridgehead atoms. The van der Waals surface area contributed by atoms with Crippen LogP contribution in [0, 0.1) is 0 Å². The predicted octanol–water partition coefficient (Wildman–Crippen LogP) is 2.91. The van der Waals surface area contributed by atoms with Crippen LogP contribution >= 0.6 is 11.6 Å². The van der Waals surface area contributed by atoms with E-state index in [1.165, 1.54) is 6.33 Å². The maximum atomic E-state index is 6.17. The molecular weight excluding hydrogens is 306 g/mol. The molecule has 0 aliphatic carbocycles. The molecule has 4 atom stereocenters. The van der Waals surface area contributed by atoms with Gasteiger partial charge in [-0.2, -0.15) is 0 Å². The van der Waals surface area contributed by atoms with Crippen LogP contribution < -0.4 is 0 Å². The van der Waals surface area contributed by atoms with Gasteiger partial charge in [-0.1, -0.05) is 18.5 Å². The summed E-state index contributed by atoms with van der Waals surface area (Å²) in [6.45, 7) is 5.95. The third-order valence-electron chi connectivity index (χ3n) is 4.26.